The Morgan fingerprint density at radius 2 is 1.66 bits per heavy atom. The van der Waals surface area contributed by atoms with Gasteiger partial charge in [-0.05, 0) is 67.3 Å². The van der Waals surface area contributed by atoms with Gasteiger partial charge in [0.15, 0.2) is 11.5 Å². The first kappa shape index (κ1) is 25.5. The van der Waals surface area contributed by atoms with Crippen molar-refractivity contribution in [1.29, 1.82) is 0 Å². The van der Waals surface area contributed by atoms with Crippen LogP contribution in [0.5, 0.6) is 11.5 Å². The molecule has 7 heteroatoms. The van der Waals surface area contributed by atoms with Gasteiger partial charge < -0.3 is 14.8 Å². The summed E-state index contributed by atoms with van der Waals surface area (Å²) in [4.78, 5) is 24.3. The van der Waals surface area contributed by atoms with E-state index in [0.29, 0.717) is 18.1 Å². The van der Waals surface area contributed by atoms with Crippen LogP contribution in [0.4, 0.5) is 5.69 Å². The minimum atomic E-state index is -0.345. The monoisotopic (exact) mass is 473 g/mol. The van der Waals surface area contributed by atoms with Crippen LogP contribution in [0.15, 0.2) is 65.8 Å². The van der Waals surface area contributed by atoms with Gasteiger partial charge in [-0.3, -0.25) is 9.59 Å². The van der Waals surface area contributed by atoms with Gasteiger partial charge in [0.05, 0.1) is 13.3 Å². The maximum Gasteiger partial charge on any atom is 0.240 e. The number of hydrazone groups is 1. The van der Waals surface area contributed by atoms with E-state index in [4.69, 9.17) is 9.47 Å². The summed E-state index contributed by atoms with van der Waals surface area (Å²) in [6.45, 7) is 6.40. The summed E-state index contributed by atoms with van der Waals surface area (Å²) in [5, 5.41) is 6.83. The number of hydrogen-bond donors (Lipinski definition) is 2. The third kappa shape index (κ3) is 7.71. The second-order valence-corrected chi connectivity index (χ2v) is 8.27. The maximum absolute atomic E-state index is 12.2. The zero-order valence-corrected chi connectivity index (χ0v) is 20.6. The summed E-state index contributed by atoms with van der Waals surface area (Å²) >= 11 is 0. The molecular formula is C28H31N3O4. The fourth-order valence-corrected chi connectivity index (χ4v) is 3.29. The largest absolute Gasteiger partial charge is 0.493 e. The van der Waals surface area contributed by atoms with Gasteiger partial charge in [0.2, 0.25) is 11.8 Å². The topological polar surface area (TPSA) is 89.0 Å². The summed E-state index contributed by atoms with van der Waals surface area (Å²) in [5.74, 6) is 0.616. The Morgan fingerprint density at radius 3 is 2.40 bits per heavy atom. The van der Waals surface area contributed by atoms with Crippen LogP contribution in [0.3, 0.4) is 0 Å². The minimum absolute atomic E-state index is 0.0309. The van der Waals surface area contributed by atoms with Crippen molar-refractivity contribution >= 4 is 23.7 Å². The lowest BCUT2D eigenvalue weighted by molar-refractivity contribution is -0.124. The molecule has 0 aliphatic heterocycles. The van der Waals surface area contributed by atoms with E-state index >= 15 is 0 Å². The molecule has 3 aromatic rings. The van der Waals surface area contributed by atoms with Gasteiger partial charge in [-0.1, -0.05) is 42.0 Å². The Hall–Kier alpha value is -4.13. The zero-order valence-electron chi connectivity index (χ0n) is 20.6. The van der Waals surface area contributed by atoms with Gasteiger partial charge in [-0.15, -0.1) is 0 Å². The Morgan fingerprint density at radius 1 is 0.914 bits per heavy atom. The first-order valence-electron chi connectivity index (χ1n) is 11.4. The van der Waals surface area contributed by atoms with Crippen molar-refractivity contribution < 1.29 is 19.1 Å². The van der Waals surface area contributed by atoms with E-state index in [1.807, 2.05) is 69.3 Å². The lowest BCUT2D eigenvalue weighted by Crippen LogP contribution is -2.21. The van der Waals surface area contributed by atoms with Gasteiger partial charge in [-0.25, -0.2) is 5.43 Å². The van der Waals surface area contributed by atoms with Gasteiger partial charge in [-0.2, -0.15) is 5.10 Å². The molecule has 0 aliphatic rings. The summed E-state index contributed by atoms with van der Waals surface area (Å²) < 4.78 is 11.3. The number of carbonyl (C=O) groups is 2. The molecule has 0 fully saturated rings. The van der Waals surface area contributed by atoms with Crippen LogP contribution >= 0.6 is 0 Å². The number of carbonyl (C=O) groups excluding carboxylic acids is 2. The smallest absolute Gasteiger partial charge is 0.240 e. The van der Waals surface area contributed by atoms with E-state index in [-0.39, 0.29) is 24.7 Å². The van der Waals surface area contributed by atoms with Crippen molar-refractivity contribution in [1.82, 2.24) is 5.43 Å². The van der Waals surface area contributed by atoms with E-state index in [1.54, 1.807) is 19.2 Å². The van der Waals surface area contributed by atoms with Crippen molar-refractivity contribution in [2.75, 3.05) is 12.4 Å². The highest BCUT2D eigenvalue weighted by Crippen LogP contribution is 2.28. The van der Waals surface area contributed by atoms with Gasteiger partial charge in [0.1, 0.15) is 6.61 Å². The molecule has 0 aliphatic carbocycles. The molecule has 7 nitrogen and oxygen atoms in total. The van der Waals surface area contributed by atoms with Gasteiger partial charge in [0, 0.05) is 18.5 Å². The molecule has 0 atom stereocenters. The second-order valence-electron chi connectivity index (χ2n) is 8.27. The molecule has 3 rings (SSSR count). The molecule has 0 bridgehead atoms. The molecule has 0 unspecified atom stereocenters. The molecule has 0 spiro atoms. The number of hydrogen-bond acceptors (Lipinski definition) is 5. The SMILES string of the molecule is COc1cc(C=NNC(=O)CCC(=O)Nc2cccc(C)c2C)ccc1OCc1ccc(C)cc1. The molecule has 3 aromatic carbocycles. The number of benzene rings is 3. The molecule has 0 saturated heterocycles. The molecule has 0 saturated carbocycles. The third-order valence-electron chi connectivity index (χ3n) is 5.56. The standard InChI is InChI=1S/C28H31N3O4/c1-19-8-10-22(11-9-19)18-35-25-13-12-23(16-26(25)34-4)17-29-31-28(33)15-14-27(32)30-24-7-5-6-20(2)21(24)3/h5-13,16-17H,14-15,18H2,1-4H3,(H,30,32)(H,31,33). The van der Waals surface area contributed by atoms with Crippen LogP contribution in [0, 0.1) is 20.8 Å². The molecule has 0 aromatic heterocycles. The predicted molar refractivity (Wildman–Crippen MR) is 138 cm³/mol. The first-order chi connectivity index (χ1) is 16.9. The zero-order chi connectivity index (χ0) is 25.2. The van der Waals surface area contributed by atoms with Crippen molar-refractivity contribution in [3.63, 3.8) is 0 Å². The molecule has 35 heavy (non-hydrogen) atoms. The molecule has 2 N–H and O–H groups in total. The van der Waals surface area contributed by atoms with E-state index < -0.39 is 0 Å². The highest BCUT2D eigenvalue weighted by atomic mass is 16.5. The van der Waals surface area contributed by atoms with Crippen LogP contribution in [0.1, 0.15) is 40.7 Å². The van der Waals surface area contributed by atoms with E-state index in [9.17, 15) is 9.59 Å². The lowest BCUT2D eigenvalue weighted by Gasteiger charge is -2.11. The van der Waals surface area contributed by atoms with Crippen molar-refractivity contribution in [3.05, 3.63) is 88.5 Å². The van der Waals surface area contributed by atoms with Crippen LogP contribution in [-0.4, -0.2) is 25.1 Å². The number of nitrogens with zero attached hydrogens (tertiary/aromatic N) is 1. The number of ether oxygens (including phenoxy) is 2. The third-order valence-corrected chi connectivity index (χ3v) is 5.56. The summed E-state index contributed by atoms with van der Waals surface area (Å²) in [7, 11) is 1.57. The van der Waals surface area contributed by atoms with Gasteiger partial charge in [0.25, 0.3) is 0 Å². The van der Waals surface area contributed by atoms with E-state index in [0.717, 1.165) is 27.9 Å². The number of aryl methyl sites for hydroxylation is 2. The van der Waals surface area contributed by atoms with E-state index in [2.05, 4.69) is 15.8 Å². The summed E-state index contributed by atoms with van der Waals surface area (Å²) in [6, 6.07) is 19.2. The highest BCUT2D eigenvalue weighted by molar-refractivity contribution is 5.94. The lowest BCUT2D eigenvalue weighted by atomic mass is 10.1. The van der Waals surface area contributed by atoms with Gasteiger partial charge >= 0.3 is 0 Å². The Labute approximate surface area is 206 Å². The summed E-state index contributed by atoms with van der Waals surface area (Å²) in [6.07, 6.45) is 1.61. The maximum atomic E-state index is 12.2. The quantitative estimate of drug-likeness (QED) is 0.318. The molecule has 0 heterocycles. The fourth-order valence-electron chi connectivity index (χ4n) is 3.29. The Balaban J connectivity index is 1.47. The predicted octanol–water partition coefficient (Wildman–Crippen LogP) is 5.07. The molecule has 182 valence electrons. The number of amides is 2. The average molecular weight is 474 g/mol. The van der Waals surface area contributed by atoms with Crippen LogP contribution in [0.2, 0.25) is 0 Å². The number of anilines is 1. The normalized spacial score (nSPS) is 10.7. The van der Waals surface area contributed by atoms with Crippen molar-refractivity contribution in [3.8, 4) is 11.5 Å². The number of nitrogens with one attached hydrogen (secondary N) is 2. The van der Waals surface area contributed by atoms with Crippen molar-refractivity contribution in [2.45, 2.75) is 40.2 Å². The molecule has 0 radical (unpaired) electrons. The Kier molecular flexibility index (Phi) is 9.01. The first-order valence-corrected chi connectivity index (χ1v) is 11.4. The number of methoxy groups -OCH3 is 1. The van der Waals surface area contributed by atoms with Crippen LogP contribution < -0.4 is 20.2 Å². The van der Waals surface area contributed by atoms with Crippen molar-refractivity contribution in [2.24, 2.45) is 5.10 Å². The highest BCUT2D eigenvalue weighted by Gasteiger charge is 2.09. The summed E-state index contributed by atoms with van der Waals surface area (Å²) in [5.41, 5.74) is 8.31. The average Bonchev–Trinajstić information content (AvgIpc) is 2.85. The second kappa shape index (κ2) is 12.4. The Bertz CT molecular complexity index is 1200. The fraction of sp³-hybridized carbons (Fsp3) is 0.250. The van der Waals surface area contributed by atoms with Crippen LogP contribution in [0.25, 0.3) is 0 Å². The minimum Gasteiger partial charge on any atom is -0.493 e. The van der Waals surface area contributed by atoms with Crippen LogP contribution in [-0.2, 0) is 16.2 Å². The van der Waals surface area contributed by atoms with E-state index in [1.165, 1.54) is 11.8 Å². The number of rotatable bonds is 10. The molecule has 2 amide bonds. The molecular weight excluding hydrogens is 442 g/mol.